The number of hydrogen-bond acceptors (Lipinski definition) is 4. The van der Waals surface area contributed by atoms with Crippen LogP contribution in [0.1, 0.15) is 10.5 Å². The molecule has 6 nitrogen and oxygen atoms in total. The monoisotopic (exact) mass is 392 g/mol. The van der Waals surface area contributed by atoms with Gasteiger partial charge in [-0.1, -0.05) is 0 Å². The second-order valence-corrected chi connectivity index (χ2v) is 6.02. The van der Waals surface area contributed by atoms with E-state index >= 15 is 0 Å². The molecule has 4 rings (SSSR count). The number of halogens is 2. The fraction of sp³-hybridized carbons (Fsp3) is 0. The summed E-state index contributed by atoms with van der Waals surface area (Å²) < 4.78 is 33.1. The Hall–Kier alpha value is -4.07. The lowest BCUT2D eigenvalue weighted by molar-refractivity contribution is 0.102. The second-order valence-electron chi connectivity index (χ2n) is 6.02. The molecule has 0 atom stereocenters. The number of aromatic nitrogens is 3. The van der Waals surface area contributed by atoms with Gasteiger partial charge in [-0.15, -0.1) is 0 Å². The van der Waals surface area contributed by atoms with Gasteiger partial charge in [-0.05, 0) is 54.6 Å². The molecule has 0 unspecified atom stereocenters. The molecule has 8 heteroatoms. The first kappa shape index (κ1) is 18.3. The van der Waals surface area contributed by atoms with Gasteiger partial charge in [-0.25, -0.2) is 18.7 Å². The van der Waals surface area contributed by atoms with Crippen LogP contribution < -0.4 is 10.1 Å². The number of pyridine rings is 1. The maximum Gasteiger partial charge on any atom is 0.274 e. The third kappa shape index (κ3) is 4.27. The summed E-state index contributed by atoms with van der Waals surface area (Å²) in [6, 6.07) is 14.5. The van der Waals surface area contributed by atoms with Crippen molar-refractivity contribution in [3.63, 3.8) is 0 Å². The van der Waals surface area contributed by atoms with Crippen molar-refractivity contribution in [3.8, 4) is 17.3 Å². The molecule has 0 aliphatic rings. The lowest BCUT2D eigenvalue weighted by Gasteiger charge is -2.09. The summed E-state index contributed by atoms with van der Waals surface area (Å²) >= 11 is 0. The number of hydrogen-bond donors (Lipinski definition) is 1. The van der Waals surface area contributed by atoms with Gasteiger partial charge in [0, 0.05) is 11.8 Å². The molecule has 0 radical (unpaired) electrons. The van der Waals surface area contributed by atoms with Crippen LogP contribution in [0.5, 0.6) is 11.6 Å². The molecule has 0 fully saturated rings. The molecule has 0 aliphatic heterocycles. The summed E-state index contributed by atoms with van der Waals surface area (Å²) in [5.41, 5.74) is 1.34. The van der Waals surface area contributed by atoms with E-state index in [4.69, 9.17) is 4.74 Å². The summed E-state index contributed by atoms with van der Waals surface area (Å²) in [6.45, 7) is 0. The Labute approximate surface area is 164 Å². The first-order chi connectivity index (χ1) is 14.1. The molecule has 2 heterocycles. The summed E-state index contributed by atoms with van der Waals surface area (Å²) in [6.07, 6.45) is 4.33. The van der Waals surface area contributed by atoms with Gasteiger partial charge in [0.1, 0.15) is 23.1 Å². The lowest BCUT2D eigenvalue weighted by atomic mass is 10.3. The van der Waals surface area contributed by atoms with E-state index in [0.717, 1.165) is 0 Å². The van der Waals surface area contributed by atoms with E-state index in [2.05, 4.69) is 15.3 Å². The zero-order valence-electron chi connectivity index (χ0n) is 14.9. The Kier molecular flexibility index (Phi) is 4.98. The summed E-state index contributed by atoms with van der Waals surface area (Å²) in [4.78, 5) is 20.7. The standard InChI is InChI=1S/C21H14F2N4O2/c22-14-1-6-17(7-2-14)27-13-24-12-19(27)21(28)26-16-5-10-20(25-11-16)29-18-8-3-15(23)4-9-18/h1-13H,(H,26,28). The van der Waals surface area contributed by atoms with Crippen molar-refractivity contribution in [3.05, 3.63) is 96.7 Å². The van der Waals surface area contributed by atoms with Crippen molar-refractivity contribution in [2.45, 2.75) is 0 Å². The molecule has 0 bridgehead atoms. The number of anilines is 1. The van der Waals surface area contributed by atoms with Crippen LogP contribution in [0.15, 0.2) is 79.4 Å². The third-order valence-electron chi connectivity index (χ3n) is 4.01. The zero-order chi connectivity index (χ0) is 20.2. The molecule has 1 amide bonds. The van der Waals surface area contributed by atoms with Crippen LogP contribution in [0.3, 0.4) is 0 Å². The minimum Gasteiger partial charge on any atom is -0.439 e. The van der Waals surface area contributed by atoms with Gasteiger partial charge in [-0.3, -0.25) is 9.36 Å². The molecular formula is C21H14F2N4O2. The number of ether oxygens (including phenoxy) is 1. The van der Waals surface area contributed by atoms with Gasteiger partial charge in [-0.2, -0.15) is 0 Å². The van der Waals surface area contributed by atoms with E-state index in [9.17, 15) is 13.6 Å². The van der Waals surface area contributed by atoms with Crippen LogP contribution >= 0.6 is 0 Å². The fourth-order valence-electron chi connectivity index (χ4n) is 2.60. The number of benzene rings is 2. The number of nitrogens with zero attached hydrogens (tertiary/aromatic N) is 3. The van der Waals surface area contributed by atoms with Crippen LogP contribution in [0.25, 0.3) is 5.69 Å². The van der Waals surface area contributed by atoms with Gasteiger partial charge in [0.25, 0.3) is 5.91 Å². The van der Waals surface area contributed by atoms with Crippen LogP contribution in [-0.2, 0) is 0 Å². The summed E-state index contributed by atoms with van der Waals surface area (Å²) in [7, 11) is 0. The number of carbonyl (C=O) groups is 1. The van der Waals surface area contributed by atoms with Crippen molar-refractivity contribution >= 4 is 11.6 Å². The molecule has 29 heavy (non-hydrogen) atoms. The topological polar surface area (TPSA) is 69.0 Å². The van der Waals surface area contributed by atoms with Crippen LogP contribution in [-0.4, -0.2) is 20.4 Å². The molecule has 4 aromatic rings. The minimum absolute atomic E-state index is 0.281. The van der Waals surface area contributed by atoms with Crippen molar-refractivity contribution in [2.24, 2.45) is 0 Å². The Bertz CT molecular complexity index is 1120. The molecular weight excluding hydrogens is 378 g/mol. The largest absolute Gasteiger partial charge is 0.439 e. The molecule has 1 N–H and O–H groups in total. The molecule has 2 aromatic carbocycles. The normalized spacial score (nSPS) is 10.6. The quantitative estimate of drug-likeness (QED) is 0.539. The van der Waals surface area contributed by atoms with E-state index in [-0.39, 0.29) is 17.3 Å². The van der Waals surface area contributed by atoms with Crippen LogP contribution in [0.4, 0.5) is 14.5 Å². The molecule has 0 aliphatic carbocycles. The summed E-state index contributed by atoms with van der Waals surface area (Å²) in [5.74, 6) is -0.386. The highest BCUT2D eigenvalue weighted by molar-refractivity contribution is 6.03. The average Bonchev–Trinajstić information content (AvgIpc) is 3.22. The molecule has 0 saturated carbocycles. The maximum atomic E-state index is 13.1. The van der Waals surface area contributed by atoms with Crippen LogP contribution in [0.2, 0.25) is 0 Å². The zero-order valence-corrected chi connectivity index (χ0v) is 14.9. The fourth-order valence-corrected chi connectivity index (χ4v) is 2.60. The maximum absolute atomic E-state index is 13.1. The Morgan fingerprint density at radius 3 is 2.24 bits per heavy atom. The van der Waals surface area contributed by atoms with Gasteiger partial charge in [0.2, 0.25) is 5.88 Å². The number of carbonyl (C=O) groups excluding carboxylic acids is 1. The number of imidazole rings is 1. The number of rotatable bonds is 5. The average molecular weight is 392 g/mol. The number of nitrogens with one attached hydrogen (secondary N) is 1. The van der Waals surface area contributed by atoms with E-state index in [0.29, 0.717) is 23.0 Å². The van der Waals surface area contributed by atoms with Gasteiger partial charge in [0.05, 0.1) is 24.4 Å². The Morgan fingerprint density at radius 1 is 0.897 bits per heavy atom. The highest BCUT2D eigenvalue weighted by Crippen LogP contribution is 2.21. The lowest BCUT2D eigenvalue weighted by Crippen LogP contribution is -2.16. The van der Waals surface area contributed by atoms with Crippen molar-refractivity contribution in [1.29, 1.82) is 0 Å². The highest BCUT2D eigenvalue weighted by atomic mass is 19.1. The first-order valence-corrected chi connectivity index (χ1v) is 8.57. The van der Waals surface area contributed by atoms with E-state index in [1.54, 1.807) is 28.8 Å². The Morgan fingerprint density at radius 2 is 1.59 bits per heavy atom. The van der Waals surface area contributed by atoms with Gasteiger partial charge in [0.15, 0.2) is 0 Å². The molecule has 144 valence electrons. The predicted molar refractivity (Wildman–Crippen MR) is 102 cm³/mol. The smallest absolute Gasteiger partial charge is 0.274 e. The SMILES string of the molecule is O=C(Nc1ccc(Oc2ccc(F)cc2)nc1)c1cncn1-c1ccc(F)cc1. The van der Waals surface area contributed by atoms with Crippen molar-refractivity contribution < 1.29 is 18.3 Å². The van der Waals surface area contributed by atoms with Gasteiger partial charge < -0.3 is 10.1 Å². The van der Waals surface area contributed by atoms with E-state index in [1.807, 2.05) is 0 Å². The molecule has 0 spiro atoms. The first-order valence-electron chi connectivity index (χ1n) is 8.57. The van der Waals surface area contributed by atoms with E-state index < -0.39 is 5.91 Å². The summed E-state index contributed by atoms with van der Waals surface area (Å²) in [5, 5.41) is 2.72. The molecule has 2 aromatic heterocycles. The van der Waals surface area contributed by atoms with Gasteiger partial charge >= 0.3 is 0 Å². The van der Waals surface area contributed by atoms with Crippen molar-refractivity contribution in [2.75, 3.05) is 5.32 Å². The highest BCUT2D eigenvalue weighted by Gasteiger charge is 2.14. The second kappa shape index (κ2) is 7.89. The Balaban J connectivity index is 1.46. The predicted octanol–water partition coefficient (Wildman–Crippen LogP) is 4.59. The third-order valence-corrected chi connectivity index (χ3v) is 4.01. The van der Waals surface area contributed by atoms with E-state index in [1.165, 1.54) is 55.1 Å². The number of amides is 1. The minimum atomic E-state index is -0.402. The van der Waals surface area contributed by atoms with Crippen molar-refractivity contribution in [1.82, 2.24) is 14.5 Å². The van der Waals surface area contributed by atoms with Crippen LogP contribution in [0, 0.1) is 11.6 Å². The molecule has 0 saturated heterocycles.